The average molecular weight is 1510 g/mol. The summed E-state index contributed by atoms with van der Waals surface area (Å²) >= 11 is 1.89. The normalized spacial score (nSPS) is 12.7. The fraction of sp³-hybridized carbons (Fsp3) is 0.0213. The molecule has 17 aromatic rings. The van der Waals surface area contributed by atoms with Crippen LogP contribution in [0.2, 0.25) is 0 Å². The number of hydrogen-bond acceptors (Lipinski definition) is 5. The SMILES string of the molecule is Cc1ccc([S+]2c3ccccc3Oc3ccccc32)cc1.O=c1c2ccccc2[s+](-c2ccccc2)c2ccc(C(F)(F)F)cc12.O=c1c2ccccc2[s+](-c2ccccc2)c2ccccc12.c1ccc([S+]2c3ccccc3Oc3ccccc32)cc1.c1ccc([S+]2c3ccccc3Sc3ccccc32)cc1. The summed E-state index contributed by atoms with van der Waals surface area (Å²) in [5, 5.41) is 2.29. The van der Waals surface area contributed by atoms with Gasteiger partial charge in [0.25, 0.3) is 0 Å². The van der Waals surface area contributed by atoms with Crippen LogP contribution in [0.1, 0.15) is 11.1 Å². The van der Waals surface area contributed by atoms with E-state index in [1.54, 1.807) is 12.1 Å². The third kappa shape index (κ3) is 14.6. The van der Waals surface area contributed by atoms with Crippen LogP contribution in [0.15, 0.2) is 446 Å². The van der Waals surface area contributed by atoms with Crippen molar-refractivity contribution in [3.63, 3.8) is 0 Å². The van der Waals surface area contributed by atoms with Gasteiger partial charge in [0.2, 0.25) is 30.4 Å². The van der Waals surface area contributed by atoms with Crippen molar-refractivity contribution in [1.29, 1.82) is 0 Å². The molecule has 15 aromatic carbocycles. The summed E-state index contributed by atoms with van der Waals surface area (Å²) in [6.07, 6.45) is -4.47. The number of ether oxygens (including phenoxy) is 2. The van der Waals surface area contributed by atoms with Gasteiger partial charge in [0, 0.05) is 20.9 Å². The van der Waals surface area contributed by atoms with E-state index >= 15 is 0 Å². The van der Waals surface area contributed by atoms with Gasteiger partial charge in [-0.3, -0.25) is 9.59 Å². The van der Waals surface area contributed by atoms with Crippen LogP contribution in [0.3, 0.4) is 0 Å². The number of benzene rings is 15. The third-order valence-corrected chi connectivity index (χ3v) is 31.1. The van der Waals surface area contributed by atoms with Crippen molar-refractivity contribution in [2.45, 2.75) is 67.0 Å². The van der Waals surface area contributed by atoms with Crippen molar-refractivity contribution in [1.82, 2.24) is 0 Å². The Morgan fingerprint density at radius 1 is 0.271 bits per heavy atom. The number of aryl methyl sites for hydroxylation is 1. The zero-order valence-electron chi connectivity index (χ0n) is 57.6. The summed E-state index contributed by atoms with van der Waals surface area (Å²) in [7, 11) is -0.954. The van der Waals surface area contributed by atoms with Crippen molar-refractivity contribution < 1.29 is 22.6 Å². The van der Waals surface area contributed by atoms with Crippen LogP contribution in [-0.4, -0.2) is 0 Å². The van der Waals surface area contributed by atoms with E-state index in [-0.39, 0.29) is 59.4 Å². The molecule has 107 heavy (non-hydrogen) atoms. The van der Waals surface area contributed by atoms with E-state index in [1.165, 1.54) is 70.4 Å². The molecule has 3 aliphatic heterocycles. The van der Waals surface area contributed by atoms with Gasteiger partial charge >= 0.3 is 6.18 Å². The molecule has 5 heterocycles. The highest BCUT2D eigenvalue weighted by molar-refractivity contribution is 8.04. The minimum Gasteiger partial charge on any atom is -0.447 e. The van der Waals surface area contributed by atoms with Crippen LogP contribution in [0.4, 0.5) is 13.2 Å². The fourth-order valence-electron chi connectivity index (χ4n) is 13.2. The molecule has 3 aliphatic rings. The van der Waals surface area contributed by atoms with E-state index in [1.807, 2.05) is 133 Å². The zero-order chi connectivity index (χ0) is 72.8. The van der Waals surface area contributed by atoms with Crippen LogP contribution >= 0.6 is 32.7 Å². The van der Waals surface area contributed by atoms with Gasteiger partial charge in [-0.25, -0.2) is 0 Å². The van der Waals surface area contributed by atoms with Crippen molar-refractivity contribution in [2.24, 2.45) is 0 Å². The quantitative estimate of drug-likeness (QED) is 0.127. The molecule has 0 aliphatic carbocycles. The maximum atomic E-state index is 13.1. The lowest BCUT2D eigenvalue weighted by Crippen LogP contribution is -2.12. The zero-order valence-corrected chi connectivity index (χ0v) is 62.5. The van der Waals surface area contributed by atoms with Gasteiger partial charge in [-0.15, -0.1) is 0 Å². The molecule has 0 spiro atoms. The Morgan fingerprint density at radius 3 is 0.925 bits per heavy atom. The summed E-state index contributed by atoms with van der Waals surface area (Å²) in [4.78, 5) is 42.5. The standard InChI is InChI=1S/C20H12F3OS.C19H15OS.C19H13OS.C18H13OS.C18H13S2/c21-20(22,23)13-10-11-18-16(12-13)19(24)15-8-4-5-9-17(15)25(18)14-6-2-1-3-7-14;1-14-10-12-15(13-11-14)21-18-8-4-2-6-16(18)20-17-7-3-5-9-19(17)21;20-19-15-10-4-6-12-17(15)21(14-8-2-1-3-9-14)18-13-7-5-11-16(18)19;2*1-2-8-14(9-3-1)20-17-12-6-4-10-15(17)19-16-11-5-7-13-18(16)20/h1-12H;2-13H,1H3;1-13H;2*1-13H/q5*+1. The molecule has 1 unspecified atom stereocenters. The summed E-state index contributed by atoms with van der Waals surface area (Å²) in [6, 6.07) is 128. The molecule has 0 saturated carbocycles. The molecular weight excluding hydrogens is 1440 g/mol. The van der Waals surface area contributed by atoms with Crippen LogP contribution < -0.4 is 20.3 Å². The number of halogens is 3. The predicted octanol–water partition coefficient (Wildman–Crippen LogP) is 26.5. The summed E-state index contributed by atoms with van der Waals surface area (Å²) in [5.41, 5.74) is 0.282. The first-order valence-electron chi connectivity index (χ1n) is 34.7. The van der Waals surface area contributed by atoms with Crippen LogP contribution in [0, 0.1) is 6.92 Å². The highest BCUT2D eigenvalue weighted by atomic mass is 32.2. The highest BCUT2D eigenvalue weighted by Crippen LogP contribution is 2.51. The molecule has 0 radical (unpaired) electrons. The predicted molar refractivity (Wildman–Crippen MR) is 442 cm³/mol. The van der Waals surface area contributed by atoms with E-state index in [4.69, 9.17) is 9.47 Å². The van der Waals surface area contributed by atoms with E-state index in [0.29, 0.717) is 10.1 Å². The van der Waals surface area contributed by atoms with E-state index in [9.17, 15) is 22.8 Å². The van der Waals surface area contributed by atoms with Gasteiger partial charge in [0.1, 0.15) is 32.7 Å². The number of hydrogen-bond donors (Lipinski definition) is 0. The van der Waals surface area contributed by atoms with Crippen LogP contribution in [-0.2, 0) is 38.9 Å². The van der Waals surface area contributed by atoms with E-state index in [2.05, 4.69) is 237 Å². The Labute approximate surface area is 636 Å². The highest BCUT2D eigenvalue weighted by Gasteiger charge is 2.42. The maximum Gasteiger partial charge on any atom is 0.416 e. The molecule has 0 amide bonds. The first kappa shape index (κ1) is 70.2. The molecular formula is C94H66F3O4S6+5. The maximum absolute atomic E-state index is 13.1. The molecule has 1 atom stereocenters. The molecule has 0 bridgehead atoms. The molecule has 0 fully saturated rings. The van der Waals surface area contributed by atoms with E-state index < -0.39 is 22.2 Å². The molecule has 2 aromatic heterocycles. The Balaban J connectivity index is 0.000000103. The molecule has 0 N–H and O–H groups in total. The second-order valence-electron chi connectivity index (χ2n) is 24.9. The van der Waals surface area contributed by atoms with Crippen molar-refractivity contribution in [2.75, 3.05) is 0 Å². The molecule has 4 nitrogen and oxygen atoms in total. The lowest BCUT2D eigenvalue weighted by atomic mass is 10.1. The van der Waals surface area contributed by atoms with Crippen molar-refractivity contribution in [3.05, 3.63) is 414 Å². The molecule has 518 valence electrons. The first-order chi connectivity index (χ1) is 52.5. The van der Waals surface area contributed by atoms with Crippen molar-refractivity contribution >= 4 is 106 Å². The monoisotopic (exact) mass is 1510 g/mol. The Kier molecular flexibility index (Phi) is 20.7. The second kappa shape index (κ2) is 31.5. The summed E-state index contributed by atoms with van der Waals surface area (Å²) < 4.78 is 55.1. The Morgan fingerprint density at radius 2 is 0.551 bits per heavy atom. The van der Waals surface area contributed by atoms with E-state index in [0.717, 1.165) is 64.9 Å². The summed E-state index contributed by atoms with van der Waals surface area (Å²) in [6.45, 7) is 2.12. The largest absolute Gasteiger partial charge is 0.447 e. The lowest BCUT2D eigenvalue weighted by Gasteiger charge is -2.19. The van der Waals surface area contributed by atoms with Crippen LogP contribution in [0.5, 0.6) is 23.0 Å². The average Bonchev–Trinajstić information content (AvgIpc) is 0.755. The van der Waals surface area contributed by atoms with Crippen molar-refractivity contribution in [3.8, 4) is 32.8 Å². The van der Waals surface area contributed by atoms with Gasteiger partial charge in [0.15, 0.2) is 76.1 Å². The van der Waals surface area contributed by atoms with Gasteiger partial charge in [0.05, 0.1) is 36.9 Å². The minimum atomic E-state index is -4.47. The third-order valence-electron chi connectivity index (χ3n) is 18.1. The van der Waals surface area contributed by atoms with Gasteiger partial charge in [-0.2, -0.15) is 13.2 Å². The topological polar surface area (TPSA) is 52.6 Å². The van der Waals surface area contributed by atoms with Gasteiger partial charge < -0.3 is 9.47 Å². The summed E-state index contributed by atoms with van der Waals surface area (Å²) in [5.74, 6) is 3.89. The number of rotatable bonds is 5. The number of para-hydroxylation sites is 4. The second-order valence-corrected chi connectivity index (χ2v) is 35.8. The lowest BCUT2D eigenvalue weighted by molar-refractivity contribution is -0.137. The van der Waals surface area contributed by atoms with Crippen LogP contribution in [0.25, 0.3) is 50.1 Å². The van der Waals surface area contributed by atoms with Gasteiger partial charge in [-0.1, -0.05) is 211 Å². The first-order valence-corrected chi connectivity index (χ1v) is 41.6. The fourth-order valence-corrected chi connectivity index (χ4v) is 26.1. The molecule has 13 heteroatoms. The Bertz CT molecular complexity index is 5870. The number of fused-ring (bicyclic) bond motifs is 10. The molecule has 20 rings (SSSR count). The smallest absolute Gasteiger partial charge is 0.416 e. The van der Waals surface area contributed by atoms with Gasteiger partial charge in [-0.05, 0) is 195 Å². The molecule has 0 saturated heterocycles. The Hall–Kier alpha value is -11.1. The number of alkyl halides is 3. The minimum absolute atomic E-state index is 0.0212.